The number of aliphatic hydroxyl groups is 1. The molecule has 2 amide bonds. The van der Waals surface area contributed by atoms with Crippen molar-refractivity contribution in [3.8, 4) is 11.8 Å². The molecule has 21 heavy (non-hydrogen) atoms. The highest BCUT2D eigenvalue weighted by Crippen LogP contribution is 2.27. The van der Waals surface area contributed by atoms with E-state index in [1.165, 1.54) is 18.2 Å². The van der Waals surface area contributed by atoms with Crippen molar-refractivity contribution in [1.29, 1.82) is 0 Å². The van der Waals surface area contributed by atoms with E-state index in [1.54, 1.807) is 13.8 Å². The summed E-state index contributed by atoms with van der Waals surface area (Å²) in [6.45, 7) is 3.02. The average Bonchev–Trinajstić information content (AvgIpc) is 2.65. The Morgan fingerprint density at radius 1 is 1.24 bits per heavy atom. The van der Waals surface area contributed by atoms with Gasteiger partial charge in [0.2, 0.25) is 11.8 Å². The van der Waals surface area contributed by atoms with E-state index in [0.717, 1.165) is 4.90 Å². The van der Waals surface area contributed by atoms with Gasteiger partial charge >= 0.3 is 0 Å². The summed E-state index contributed by atoms with van der Waals surface area (Å²) in [5.41, 5.74) is 0.767. The van der Waals surface area contributed by atoms with Gasteiger partial charge in [-0.05, 0) is 18.2 Å². The maximum Gasteiger partial charge on any atom is 0.233 e. The van der Waals surface area contributed by atoms with Crippen LogP contribution in [0.15, 0.2) is 18.2 Å². The standard InChI is InChI=1S/C16H16FNO3/c1-10-11(2)16(21)18(15(10)20)9-13-8-12(4-3-7-19)5-6-14(13)17/h5-6,8,10-11,19H,7,9H2,1-2H3. The minimum absolute atomic E-state index is 0.0905. The third-order valence-electron chi connectivity index (χ3n) is 3.75. The molecule has 0 bridgehead atoms. The number of hydrogen-bond donors (Lipinski definition) is 1. The zero-order valence-corrected chi connectivity index (χ0v) is 11.9. The summed E-state index contributed by atoms with van der Waals surface area (Å²) in [6.07, 6.45) is 0. The first-order chi connectivity index (χ1) is 9.95. The molecule has 1 aliphatic heterocycles. The normalized spacial score (nSPS) is 21.4. The summed E-state index contributed by atoms with van der Waals surface area (Å²) in [6, 6.07) is 4.22. The molecule has 1 saturated heterocycles. The minimum atomic E-state index is -0.489. The van der Waals surface area contributed by atoms with Crippen LogP contribution in [0.5, 0.6) is 0 Å². The fourth-order valence-corrected chi connectivity index (χ4v) is 2.27. The minimum Gasteiger partial charge on any atom is -0.384 e. The summed E-state index contributed by atoms with van der Waals surface area (Å²) >= 11 is 0. The third kappa shape index (κ3) is 2.96. The molecule has 2 atom stereocenters. The lowest BCUT2D eigenvalue weighted by atomic mass is 10.00. The van der Waals surface area contributed by atoms with Crippen LogP contribution in [-0.2, 0) is 16.1 Å². The Balaban J connectivity index is 2.27. The number of hydrogen-bond acceptors (Lipinski definition) is 3. The molecule has 1 heterocycles. The Morgan fingerprint density at radius 2 is 1.86 bits per heavy atom. The van der Waals surface area contributed by atoms with E-state index in [-0.39, 0.29) is 42.4 Å². The van der Waals surface area contributed by atoms with Crippen LogP contribution in [0.3, 0.4) is 0 Å². The number of rotatable bonds is 2. The van der Waals surface area contributed by atoms with Gasteiger partial charge in [-0.3, -0.25) is 14.5 Å². The van der Waals surface area contributed by atoms with E-state index in [4.69, 9.17) is 5.11 Å². The topological polar surface area (TPSA) is 57.6 Å². The van der Waals surface area contributed by atoms with E-state index < -0.39 is 5.82 Å². The highest BCUT2D eigenvalue weighted by Gasteiger charge is 2.42. The van der Waals surface area contributed by atoms with Gasteiger partial charge in [-0.1, -0.05) is 25.7 Å². The summed E-state index contributed by atoms with van der Waals surface area (Å²) in [5.74, 6) is 3.34. The van der Waals surface area contributed by atoms with E-state index in [9.17, 15) is 14.0 Å². The molecule has 2 rings (SSSR count). The number of halogens is 1. The maximum atomic E-state index is 13.8. The van der Waals surface area contributed by atoms with Gasteiger partial charge in [0.15, 0.2) is 0 Å². The second-order valence-electron chi connectivity index (χ2n) is 5.11. The molecular weight excluding hydrogens is 273 g/mol. The van der Waals surface area contributed by atoms with Crippen molar-refractivity contribution in [3.05, 3.63) is 35.1 Å². The number of carbonyl (C=O) groups excluding carboxylic acids is 2. The van der Waals surface area contributed by atoms with Crippen LogP contribution in [0.2, 0.25) is 0 Å². The van der Waals surface area contributed by atoms with Crippen molar-refractivity contribution < 1.29 is 19.1 Å². The van der Waals surface area contributed by atoms with Gasteiger partial charge in [-0.25, -0.2) is 4.39 Å². The first-order valence-corrected chi connectivity index (χ1v) is 6.69. The van der Waals surface area contributed by atoms with Crippen molar-refractivity contribution in [1.82, 2.24) is 4.90 Å². The van der Waals surface area contributed by atoms with Gasteiger partial charge in [0, 0.05) is 23.0 Å². The van der Waals surface area contributed by atoms with E-state index in [1.807, 2.05) is 0 Å². The molecule has 5 heteroatoms. The summed E-state index contributed by atoms with van der Waals surface area (Å²) in [7, 11) is 0. The predicted octanol–water partition coefficient (Wildman–Crippen LogP) is 1.31. The Morgan fingerprint density at radius 3 is 2.43 bits per heavy atom. The number of aliphatic hydroxyl groups excluding tert-OH is 1. The highest BCUT2D eigenvalue weighted by molar-refractivity contribution is 6.04. The lowest BCUT2D eigenvalue weighted by Crippen LogP contribution is -2.30. The SMILES string of the molecule is CC1C(=O)N(Cc2cc(C#CCO)ccc2F)C(=O)C1C. The lowest BCUT2D eigenvalue weighted by molar-refractivity contribution is -0.140. The molecule has 1 aliphatic rings. The number of likely N-dealkylation sites (tertiary alicyclic amines) is 1. The molecule has 1 aromatic carbocycles. The second kappa shape index (κ2) is 6.06. The molecule has 0 radical (unpaired) electrons. The monoisotopic (exact) mass is 289 g/mol. The van der Waals surface area contributed by atoms with Crippen LogP contribution in [0.4, 0.5) is 4.39 Å². The van der Waals surface area contributed by atoms with Crippen molar-refractivity contribution in [2.24, 2.45) is 11.8 Å². The molecular formula is C16H16FNO3. The zero-order chi connectivity index (χ0) is 15.6. The highest BCUT2D eigenvalue weighted by atomic mass is 19.1. The summed E-state index contributed by atoms with van der Waals surface area (Å²) in [5, 5.41) is 8.66. The van der Waals surface area contributed by atoms with Crippen LogP contribution in [0.25, 0.3) is 0 Å². The molecule has 1 aromatic rings. The fraction of sp³-hybridized carbons (Fsp3) is 0.375. The Hall–Kier alpha value is -2.19. The number of benzene rings is 1. The quantitative estimate of drug-likeness (QED) is 0.660. The smallest absolute Gasteiger partial charge is 0.233 e. The van der Waals surface area contributed by atoms with Crippen LogP contribution < -0.4 is 0 Å². The predicted molar refractivity (Wildman–Crippen MR) is 74.2 cm³/mol. The fourth-order valence-electron chi connectivity index (χ4n) is 2.27. The number of imide groups is 1. The van der Waals surface area contributed by atoms with Crippen LogP contribution >= 0.6 is 0 Å². The van der Waals surface area contributed by atoms with E-state index in [0.29, 0.717) is 5.56 Å². The van der Waals surface area contributed by atoms with Gasteiger partial charge < -0.3 is 5.11 Å². The molecule has 4 nitrogen and oxygen atoms in total. The molecule has 0 aromatic heterocycles. The van der Waals surface area contributed by atoms with Gasteiger partial charge in [0.05, 0.1) is 6.54 Å². The van der Waals surface area contributed by atoms with E-state index in [2.05, 4.69) is 11.8 Å². The van der Waals surface area contributed by atoms with Gasteiger partial charge in [0.1, 0.15) is 12.4 Å². The average molecular weight is 289 g/mol. The van der Waals surface area contributed by atoms with Gasteiger partial charge in [-0.2, -0.15) is 0 Å². The summed E-state index contributed by atoms with van der Waals surface area (Å²) < 4.78 is 13.8. The third-order valence-corrected chi connectivity index (χ3v) is 3.75. The largest absolute Gasteiger partial charge is 0.384 e. The van der Waals surface area contributed by atoms with Crippen molar-refractivity contribution in [2.75, 3.05) is 6.61 Å². The number of nitrogens with zero attached hydrogens (tertiary/aromatic N) is 1. The van der Waals surface area contributed by atoms with Crippen LogP contribution in [0, 0.1) is 29.5 Å². The maximum absolute atomic E-state index is 13.8. The van der Waals surface area contributed by atoms with Gasteiger partial charge in [0.25, 0.3) is 0 Å². The van der Waals surface area contributed by atoms with Crippen molar-refractivity contribution in [3.63, 3.8) is 0 Å². The molecule has 110 valence electrons. The molecule has 2 unspecified atom stereocenters. The number of amides is 2. The van der Waals surface area contributed by atoms with Crippen molar-refractivity contribution >= 4 is 11.8 Å². The second-order valence-corrected chi connectivity index (χ2v) is 5.11. The van der Waals surface area contributed by atoms with Gasteiger partial charge in [-0.15, -0.1) is 0 Å². The molecule has 0 aliphatic carbocycles. The molecule has 1 fully saturated rings. The Labute approximate surface area is 122 Å². The Kier molecular flexibility index (Phi) is 4.39. The van der Waals surface area contributed by atoms with Crippen LogP contribution in [0.1, 0.15) is 25.0 Å². The first kappa shape index (κ1) is 15.2. The zero-order valence-electron chi connectivity index (χ0n) is 11.9. The lowest BCUT2D eigenvalue weighted by Gasteiger charge is -2.15. The van der Waals surface area contributed by atoms with E-state index >= 15 is 0 Å². The summed E-state index contributed by atoms with van der Waals surface area (Å²) in [4.78, 5) is 25.1. The Bertz CT molecular complexity index is 625. The molecule has 1 N–H and O–H groups in total. The molecule has 0 spiro atoms. The number of carbonyl (C=O) groups is 2. The van der Waals surface area contributed by atoms with Crippen LogP contribution in [-0.4, -0.2) is 28.4 Å². The van der Waals surface area contributed by atoms with Crippen molar-refractivity contribution in [2.45, 2.75) is 20.4 Å². The molecule has 0 saturated carbocycles. The first-order valence-electron chi connectivity index (χ1n) is 6.69.